The van der Waals surface area contributed by atoms with Crippen LogP contribution in [-0.4, -0.2) is 4.57 Å². The van der Waals surface area contributed by atoms with Gasteiger partial charge in [0, 0.05) is 71.9 Å². The Labute approximate surface area is 740 Å². The molecule has 588 valence electrons. The van der Waals surface area contributed by atoms with Gasteiger partial charge in [-0.2, -0.15) is 0 Å². The van der Waals surface area contributed by atoms with Gasteiger partial charge >= 0.3 is 0 Å². The van der Waals surface area contributed by atoms with Crippen molar-refractivity contribution in [2.75, 3.05) is 9.80 Å². The van der Waals surface area contributed by atoms with Gasteiger partial charge in [-0.25, -0.2) is 0 Å². The van der Waals surface area contributed by atoms with Gasteiger partial charge in [-0.05, 0) is 216 Å². The third-order valence-corrected chi connectivity index (χ3v) is 25.1. The number of rotatable bonds is 13. The number of para-hydroxylation sites is 4. The molecule has 0 N–H and O–H groups in total. The van der Waals surface area contributed by atoms with E-state index in [4.69, 9.17) is 4.42 Å². The monoisotopic (exact) mass is 1610 g/mol. The van der Waals surface area contributed by atoms with Gasteiger partial charge in [0.15, 0.2) is 0 Å². The molecule has 0 bridgehead atoms. The van der Waals surface area contributed by atoms with E-state index in [0.29, 0.717) is 22.5 Å². The number of benzene rings is 23. The van der Waals surface area contributed by atoms with Crippen molar-refractivity contribution >= 4 is 164 Å². The number of furan rings is 1. The molecule has 23 aromatic carbocycles. The Hall–Kier alpha value is -16.7. The van der Waals surface area contributed by atoms with Crippen molar-refractivity contribution in [1.82, 2.24) is 4.57 Å². The molecule has 0 atom stereocenters. The summed E-state index contributed by atoms with van der Waals surface area (Å²) in [5.74, 6) is 0. The van der Waals surface area contributed by atoms with E-state index in [0.717, 1.165) is 181 Å². The average molecular weight is 1610 g/mol. The van der Waals surface area contributed by atoms with E-state index in [1.54, 1.807) is 0 Å². The van der Waals surface area contributed by atoms with Gasteiger partial charge in [-0.1, -0.05) is 394 Å². The molecule has 2 aromatic heterocycles. The van der Waals surface area contributed by atoms with Crippen molar-refractivity contribution < 1.29 is 15.4 Å². The first-order valence-electron chi connectivity index (χ1n) is 46.7. The lowest BCUT2D eigenvalue weighted by atomic mass is 9.85. The largest absolute Gasteiger partial charge is 0.455 e. The van der Waals surface area contributed by atoms with Crippen LogP contribution in [0.1, 0.15) is 11.0 Å². The van der Waals surface area contributed by atoms with Gasteiger partial charge < -0.3 is 18.8 Å². The SMILES string of the molecule is [2H]c1c([2H])c(N(c2ccc(-c3cccc4c3oc3c(-c5ccccc5)cccc34)cc2)c2cc3ccccc3c3ccccc23)c([2H])c([2H])c1-c1c(-c2ccccc2)c2ccccc2c2ccccc12.[2H]c1c([2H])c(N(c2ccc(-n3c4ccccc4c4ccccc43)cc2)c2cc3ccccc3c3ccccc23)c([2H])c([2H])c1-c1c(-c2ccccc2)c2ccccc2c2ccccc12. The Morgan fingerprint density at radius 2 is 0.468 bits per heavy atom. The molecule has 0 aliphatic heterocycles. The number of anilines is 6. The van der Waals surface area contributed by atoms with Crippen LogP contribution in [0.5, 0.6) is 0 Å². The van der Waals surface area contributed by atoms with Crippen LogP contribution >= 0.6 is 0 Å². The molecular weight excluding hydrogens is 1520 g/mol. The van der Waals surface area contributed by atoms with Crippen molar-refractivity contribution in [3.63, 3.8) is 0 Å². The standard InChI is InChI=1S/C64H41NO.C58H38N2/c1-3-17-42(18-4-1)50-29-15-31-58-59-32-16-30-51(64(59)66-63(50)58)43-33-37-47(38-34-43)65(60-41-46-21-7-8-22-49(46)52-23-9-12-26-55(52)60)48-39-35-45(36-40-48)62-57-28-14-11-25-54(57)53-24-10-13-27-56(53)61(62)44-19-5-2-6-20-44;1-2-16-39(17-3-1)57-52-26-10-7-21-47(52)48-22-8-11-27-53(48)58(57)40-30-32-42(33-31-40)59(56-38-41-18-4-5-19-45(41)46-20-6-9-23-49(46)56)43-34-36-44(37-35-43)60-54-28-14-12-24-50(54)51-25-13-15-29-55(51)60/h1-41H;1-38H/i35D,36D,39D,40D;30D,31D,32D,33D. The second-order valence-corrected chi connectivity index (χ2v) is 32.1. The maximum absolute atomic E-state index is 10.1. The van der Waals surface area contributed by atoms with E-state index < -0.39 is 0 Å². The Balaban J connectivity index is 0.000000148. The van der Waals surface area contributed by atoms with E-state index in [1.807, 2.05) is 198 Å². The molecule has 0 amide bonds. The number of hydrogen-bond acceptors (Lipinski definition) is 3. The van der Waals surface area contributed by atoms with Gasteiger partial charge in [0.25, 0.3) is 0 Å². The summed E-state index contributed by atoms with van der Waals surface area (Å²) in [6.45, 7) is 0. The van der Waals surface area contributed by atoms with Crippen molar-refractivity contribution in [2.45, 2.75) is 0 Å². The van der Waals surface area contributed by atoms with Gasteiger partial charge in [-0.3, -0.25) is 0 Å². The zero-order chi connectivity index (χ0) is 90.1. The Morgan fingerprint density at radius 1 is 0.190 bits per heavy atom. The molecule has 0 unspecified atom stereocenters. The molecule has 0 saturated carbocycles. The van der Waals surface area contributed by atoms with Crippen molar-refractivity contribution in [3.8, 4) is 72.4 Å². The summed E-state index contributed by atoms with van der Waals surface area (Å²) in [7, 11) is 0. The molecule has 2 heterocycles. The number of nitrogens with zero attached hydrogens (tertiary/aromatic N) is 3. The van der Waals surface area contributed by atoms with Crippen LogP contribution in [0.2, 0.25) is 0 Å². The van der Waals surface area contributed by atoms with Crippen LogP contribution in [0.25, 0.3) is 202 Å². The van der Waals surface area contributed by atoms with Crippen LogP contribution in [0.4, 0.5) is 34.1 Å². The molecule has 0 spiro atoms. The van der Waals surface area contributed by atoms with Gasteiger partial charge in [0.05, 0.1) is 33.4 Å². The summed E-state index contributed by atoms with van der Waals surface area (Å²) in [6.07, 6.45) is 0. The molecule has 0 radical (unpaired) electrons. The Morgan fingerprint density at radius 3 is 0.849 bits per heavy atom. The summed E-state index contributed by atoms with van der Waals surface area (Å²) in [5.41, 5.74) is 17.5. The van der Waals surface area contributed by atoms with E-state index in [1.165, 1.54) is 10.8 Å². The highest BCUT2D eigenvalue weighted by atomic mass is 16.3. The summed E-state index contributed by atoms with van der Waals surface area (Å²) in [6, 6.07) is 145. The third kappa shape index (κ3) is 12.4. The van der Waals surface area contributed by atoms with Crippen molar-refractivity contribution in [2.24, 2.45) is 0 Å². The van der Waals surface area contributed by atoms with Crippen LogP contribution in [0.15, 0.2) is 483 Å². The van der Waals surface area contributed by atoms with Crippen LogP contribution in [0, 0.1) is 0 Å². The number of hydrogen-bond donors (Lipinski definition) is 0. The zero-order valence-electron chi connectivity index (χ0n) is 76.2. The molecule has 4 nitrogen and oxygen atoms in total. The van der Waals surface area contributed by atoms with Crippen LogP contribution in [0.3, 0.4) is 0 Å². The van der Waals surface area contributed by atoms with Crippen LogP contribution < -0.4 is 9.80 Å². The normalized spacial score (nSPS) is 12.5. The van der Waals surface area contributed by atoms with Crippen LogP contribution in [-0.2, 0) is 0 Å². The Kier molecular flexibility index (Phi) is 15.9. The molecule has 0 aliphatic carbocycles. The molecule has 0 aliphatic rings. The lowest BCUT2D eigenvalue weighted by molar-refractivity contribution is 0.671. The lowest BCUT2D eigenvalue weighted by Crippen LogP contribution is -2.11. The molecule has 25 aromatic rings. The smallest absolute Gasteiger partial charge is 0.143 e. The Bertz CT molecular complexity index is 9000. The maximum Gasteiger partial charge on any atom is 0.143 e. The number of fused-ring (bicyclic) bond motifs is 18. The maximum atomic E-state index is 10.1. The summed E-state index contributed by atoms with van der Waals surface area (Å²) >= 11 is 0. The zero-order valence-corrected chi connectivity index (χ0v) is 68.2. The van der Waals surface area contributed by atoms with E-state index in [-0.39, 0.29) is 70.8 Å². The van der Waals surface area contributed by atoms with Gasteiger partial charge in [0.2, 0.25) is 0 Å². The molecule has 126 heavy (non-hydrogen) atoms. The highest BCUT2D eigenvalue weighted by molar-refractivity contribution is 6.25. The molecule has 0 saturated heterocycles. The van der Waals surface area contributed by atoms with Crippen molar-refractivity contribution in [1.29, 1.82) is 0 Å². The first-order chi connectivity index (χ1) is 65.9. The summed E-state index contributed by atoms with van der Waals surface area (Å²) in [5, 5.41) is 20.2. The minimum Gasteiger partial charge on any atom is -0.455 e. The van der Waals surface area contributed by atoms with Gasteiger partial charge in [-0.15, -0.1) is 0 Å². The number of aromatic nitrogens is 1. The molecule has 4 heteroatoms. The van der Waals surface area contributed by atoms with E-state index in [2.05, 4.69) is 247 Å². The third-order valence-electron chi connectivity index (χ3n) is 25.1. The summed E-state index contributed by atoms with van der Waals surface area (Å²) < 4.78 is 89.7. The fourth-order valence-electron chi connectivity index (χ4n) is 19.5. The predicted octanol–water partition coefficient (Wildman–Crippen LogP) is 34.5. The average Bonchev–Trinajstić information content (AvgIpc) is 1.57. The summed E-state index contributed by atoms with van der Waals surface area (Å²) in [4.78, 5) is 3.86. The van der Waals surface area contributed by atoms with E-state index >= 15 is 0 Å². The lowest BCUT2D eigenvalue weighted by Gasteiger charge is -2.28. The topological polar surface area (TPSA) is 24.6 Å². The molecule has 0 fully saturated rings. The van der Waals surface area contributed by atoms with Gasteiger partial charge in [0.1, 0.15) is 11.2 Å². The molecule has 25 rings (SSSR count). The highest BCUT2D eigenvalue weighted by Crippen LogP contribution is 2.52. The first-order valence-corrected chi connectivity index (χ1v) is 42.7. The quantitative estimate of drug-likeness (QED) is 0.108. The minimum absolute atomic E-state index is 0.106. The fourth-order valence-corrected chi connectivity index (χ4v) is 19.5. The molecular formula is C122H79N3O. The van der Waals surface area contributed by atoms with E-state index in [9.17, 15) is 11.0 Å². The first kappa shape index (κ1) is 65.2. The highest BCUT2D eigenvalue weighted by Gasteiger charge is 2.26. The predicted molar refractivity (Wildman–Crippen MR) is 537 cm³/mol. The fraction of sp³-hybridized carbons (Fsp3) is 0. The second kappa shape index (κ2) is 30.8. The second-order valence-electron chi connectivity index (χ2n) is 32.1. The minimum atomic E-state index is -0.144. The van der Waals surface area contributed by atoms with Crippen molar-refractivity contribution in [3.05, 3.63) is 479 Å².